The van der Waals surface area contributed by atoms with Crippen molar-refractivity contribution in [1.82, 2.24) is 10.2 Å². The van der Waals surface area contributed by atoms with Crippen LogP contribution in [0.3, 0.4) is 0 Å². The van der Waals surface area contributed by atoms with Crippen molar-refractivity contribution in [2.75, 3.05) is 0 Å². The van der Waals surface area contributed by atoms with Gasteiger partial charge in [0.1, 0.15) is 11.9 Å². The van der Waals surface area contributed by atoms with Crippen LogP contribution in [0.1, 0.15) is 36.1 Å². The van der Waals surface area contributed by atoms with Crippen LogP contribution in [-0.2, 0) is 29.0 Å². The van der Waals surface area contributed by atoms with Crippen molar-refractivity contribution < 1.29 is 14.0 Å². The quantitative estimate of drug-likeness (QED) is 0.511. The number of halogens is 1. The molecular formula is C28H31FN2O2. The Bertz CT molecular complexity index is 1060. The van der Waals surface area contributed by atoms with E-state index in [2.05, 4.69) is 5.32 Å². The zero-order chi connectivity index (χ0) is 23.8. The lowest BCUT2D eigenvalue weighted by Gasteiger charge is -2.32. The highest BCUT2D eigenvalue weighted by atomic mass is 19.1. The Morgan fingerprint density at radius 2 is 1.52 bits per heavy atom. The van der Waals surface area contributed by atoms with Crippen LogP contribution in [0.4, 0.5) is 4.39 Å². The van der Waals surface area contributed by atoms with E-state index in [9.17, 15) is 14.0 Å². The van der Waals surface area contributed by atoms with Crippen LogP contribution < -0.4 is 5.32 Å². The third-order valence-electron chi connectivity index (χ3n) is 5.57. The Hall–Kier alpha value is -3.47. The molecule has 3 aromatic carbocycles. The van der Waals surface area contributed by atoms with Crippen LogP contribution in [0, 0.1) is 12.7 Å². The molecule has 0 aliphatic heterocycles. The maximum Gasteiger partial charge on any atom is 0.243 e. The first kappa shape index (κ1) is 24.2. The first-order valence-electron chi connectivity index (χ1n) is 11.3. The Morgan fingerprint density at radius 1 is 0.879 bits per heavy atom. The number of aryl methyl sites for hydroxylation is 1. The van der Waals surface area contributed by atoms with Gasteiger partial charge in [-0.3, -0.25) is 9.59 Å². The van der Waals surface area contributed by atoms with Crippen LogP contribution >= 0.6 is 0 Å². The number of hydrogen-bond donors (Lipinski definition) is 1. The van der Waals surface area contributed by atoms with E-state index >= 15 is 0 Å². The van der Waals surface area contributed by atoms with Crippen molar-refractivity contribution in [2.45, 2.75) is 52.2 Å². The molecule has 3 aromatic rings. The fraction of sp³-hybridized carbons (Fsp3) is 0.286. The van der Waals surface area contributed by atoms with Gasteiger partial charge in [0.25, 0.3) is 0 Å². The molecule has 0 aromatic heterocycles. The molecule has 0 aliphatic rings. The van der Waals surface area contributed by atoms with Crippen molar-refractivity contribution in [1.29, 1.82) is 0 Å². The molecule has 0 saturated heterocycles. The molecule has 0 fully saturated rings. The molecule has 1 N–H and O–H groups in total. The van der Waals surface area contributed by atoms with Crippen molar-refractivity contribution in [3.63, 3.8) is 0 Å². The normalized spacial score (nSPS) is 11.8. The molecule has 0 bridgehead atoms. The Kier molecular flexibility index (Phi) is 8.36. The van der Waals surface area contributed by atoms with Crippen LogP contribution in [0.2, 0.25) is 0 Å². The molecule has 0 radical (unpaired) electrons. The van der Waals surface area contributed by atoms with E-state index in [1.807, 2.05) is 75.4 Å². The van der Waals surface area contributed by atoms with Gasteiger partial charge >= 0.3 is 0 Å². The summed E-state index contributed by atoms with van der Waals surface area (Å²) in [5, 5.41) is 2.99. The largest absolute Gasteiger partial charge is 0.352 e. The summed E-state index contributed by atoms with van der Waals surface area (Å²) in [6, 6.07) is 22.8. The van der Waals surface area contributed by atoms with Crippen molar-refractivity contribution in [3.05, 3.63) is 107 Å². The predicted octanol–water partition coefficient (Wildman–Crippen LogP) is 4.84. The van der Waals surface area contributed by atoms with Crippen LogP contribution in [0.25, 0.3) is 0 Å². The summed E-state index contributed by atoms with van der Waals surface area (Å²) in [7, 11) is 0. The highest BCUT2D eigenvalue weighted by Gasteiger charge is 2.31. The molecular weight excluding hydrogens is 415 g/mol. The maximum absolute atomic E-state index is 13.6. The minimum atomic E-state index is -0.678. The highest BCUT2D eigenvalue weighted by Crippen LogP contribution is 2.18. The third-order valence-corrected chi connectivity index (χ3v) is 5.57. The van der Waals surface area contributed by atoms with Crippen molar-refractivity contribution >= 4 is 11.8 Å². The molecule has 2 amide bonds. The van der Waals surface area contributed by atoms with E-state index in [0.29, 0.717) is 18.5 Å². The molecule has 0 aliphatic carbocycles. The fourth-order valence-corrected chi connectivity index (χ4v) is 3.78. The molecule has 0 spiro atoms. The summed E-state index contributed by atoms with van der Waals surface area (Å²) in [4.78, 5) is 28.6. The molecule has 3 rings (SSSR count). The molecule has 1 atom stereocenters. The van der Waals surface area contributed by atoms with Gasteiger partial charge in [0, 0.05) is 19.0 Å². The van der Waals surface area contributed by atoms with Crippen LogP contribution in [0.15, 0.2) is 78.9 Å². The number of benzene rings is 3. The average molecular weight is 447 g/mol. The summed E-state index contributed by atoms with van der Waals surface area (Å²) >= 11 is 0. The first-order chi connectivity index (χ1) is 15.8. The number of carbonyl (C=O) groups is 2. The second-order valence-corrected chi connectivity index (χ2v) is 8.62. The van der Waals surface area contributed by atoms with Gasteiger partial charge in [-0.05, 0) is 55.2 Å². The summed E-state index contributed by atoms with van der Waals surface area (Å²) in [5.74, 6) is -0.708. The van der Waals surface area contributed by atoms with E-state index in [1.165, 1.54) is 12.1 Å². The van der Waals surface area contributed by atoms with Gasteiger partial charge in [-0.2, -0.15) is 0 Å². The lowest BCUT2D eigenvalue weighted by Crippen LogP contribution is -2.52. The van der Waals surface area contributed by atoms with Gasteiger partial charge in [0.15, 0.2) is 0 Å². The summed E-state index contributed by atoms with van der Waals surface area (Å²) < 4.78 is 13.4. The summed E-state index contributed by atoms with van der Waals surface area (Å²) in [6.07, 6.45) is 0.493. The Labute approximate surface area is 195 Å². The standard InChI is InChI=1S/C28H31FN2O2/c1-20(2)30-28(33)26(17-22-10-5-4-6-11-22)31(19-24-12-8-7-9-21(24)3)27(32)18-23-13-15-25(29)16-14-23/h4-16,20,26H,17-19H2,1-3H3,(H,30,33)/t26-/m0/s1. The maximum atomic E-state index is 13.6. The van der Waals surface area contributed by atoms with E-state index in [4.69, 9.17) is 0 Å². The predicted molar refractivity (Wildman–Crippen MR) is 129 cm³/mol. The molecule has 172 valence electrons. The molecule has 0 unspecified atom stereocenters. The van der Waals surface area contributed by atoms with E-state index in [-0.39, 0.29) is 30.1 Å². The summed E-state index contributed by atoms with van der Waals surface area (Å²) in [6.45, 7) is 6.13. The Balaban J connectivity index is 1.97. The number of rotatable bonds is 9. The molecule has 0 heterocycles. The van der Waals surface area contributed by atoms with E-state index < -0.39 is 6.04 Å². The van der Waals surface area contributed by atoms with Gasteiger partial charge in [0.05, 0.1) is 6.42 Å². The van der Waals surface area contributed by atoms with Crippen LogP contribution in [0.5, 0.6) is 0 Å². The first-order valence-corrected chi connectivity index (χ1v) is 11.3. The van der Waals surface area contributed by atoms with E-state index in [1.54, 1.807) is 17.0 Å². The monoisotopic (exact) mass is 446 g/mol. The van der Waals surface area contributed by atoms with Gasteiger partial charge in [-0.15, -0.1) is 0 Å². The smallest absolute Gasteiger partial charge is 0.243 e. The second-order valence-electron chi connectivity index (χ2n) is 8.62. The number of nitrogens with zero attached hydrogens (tertiary/aromatic N) is 1. The lowest BCUT2D eigenvalue weighted by molar-refractivity contribution is -0.141. The number of carbonyl (C=O) groups excluding carboxylic acids is 2. The van der Waals surface area contributed by atoms with Gasteiger partial charge < -0.3 is 10.2 Å². The zero-order valence-electron chi connectivity index (χ0n) is 19.4. The highest BCUT2D eigenvalue weighted by molar-refractivity contribution is 5.89. The second kappa shape index (κ2) is 11.4. The topological polar surface area (TPSA) is 49.4 Å². The zero-order valence-corrected chi connectivity index (χ0v) is 19.4. The molecule has 4 nitrogen and oxygen atoms in total. The number of amides is 2. The van der Waals surface area contributed by atoms with Gasteiger partial charge in [-0.25, -0.2) is 4.39 Å². The van der Waals surface area contributed by atoms with Crippen molar-refractivity contribution in [3.8, 4) is 0 Å². The molecule has 5 heteroatoms. The molecule has 33 heavy (non-hydrogen) atoms. The SMILES string of the molecule is Cc1ccccc1CN(C(=O)Cc1ccc(F)cc1)[C@@H](Cc1ccccc1)C(=O)NC(C)C. The fourth-order valence-electron chi connectivity index (χ4n) is 3.78. The van der Waals surface area contributed by atoms with Crippen molar-refractivity contribution in [2.24, 2.45) is 0 Å². The van der Waals surface area contributed by atoms with Crippen LogP contribution in [-0.4, -0.2) is 28.8 Å². The number of nitrogens with one attached hydrogen (secondary N) is 1. The average Bonchev–Trinajstić information content (AvgIpc) is 2.79. The molecule has 0 saturated carbocycles. The number of hydrogen-bond acceptors (Lipinski definition) is 2. The minimum absolute atomic E-state index is 0.0525. The lowest BCUT2D eigenvalue weighted by atomic mass is 10.00. The summed E-state index contributed by atoms with van der Waals surface area (Å²) in [5.41, 5.74) is 3.73. The third kappa shape index (κ3) is 7.01. The van der Waals surface area contributed by atoms with E-state index in [0.717, 1.165) is 16.7 Å². The van der Waals surface area contributed by atoms with Gasteiger partial charge in [-0.1, -0.05) is 66.7 Å². The Morgan fingerprint density at radius 3 is 2.15 bits per heavy atom. The van der Waals surface area contributed by atoms with Gasteiger partial charge in [0.2, 0.25) is 11.8 Å². The minimum Gasteiger partial charge on any atom is -0.352 e.